The van der Waals surface area contributed by atoms with E-state index in [0.29, 0.717) is 11.3 Å². The lowest BCUT2D eigenvalue weighted by molar-refractivity contribution is -0.115. The van der Waals surface area contributed by atoms with Gasteiger partial charge in [0.25, 0.3) is 11.1 Å². The Bertz CT molecular complexity index is 628. The van der Waals surface area contributed by atoms with Crippen molar-refractivity contribution in [1.29, 1.82) is 0 Å². The molecule has 0 bridgehead atoms. The summed E-state index contributed by atoms with van der Waals surface area (Å²) in [5.74, 6) is -0.150. The zero-order valence-electron chi connectivity index (χ0n) is 11.3. The van der Waals surface area contributed by atoms with Gasteiger partial charge in [-0.05, 0) is 61.4 Å². The van der Waals surface area contributed by atoms with Gasteiger partial charge in [0.1, 0.15) is 5.75 Å². The fourth-order valence-electron chi connectivity index (χ4n) is 1.75. The van der Waals surface area contributed by atoms with E-state index in [0.717, 1.165) is 22.9 Å². The lowest BCUT2D eigenvalue weighted by atomic mass is 10.1. The van der Waals surface area contributed by atoms with Crippen molar-refractivity contribution >= 4 is 29.0 Å². The normalized spacial score (nSPS) is 16.4. The summed E-state index contributed by atoms with van der Waals surface area (Å²) in [5, 5.41) is 11.7. The summed E-state index contributed by atoms with van der Waals surface area (Å²) in [5.41, 5.74) is 2.74. The number of rotatable bonds is 3. The predicted octanol–water partition coefficient (Wildman–Crippen LogP) is 3.22. The Hall–Kier alpha value is -2.01. The van der Waals surface area contributed by atoms with Crippen LogP contribution in [0.1, 0.15) is 25.0 Å². The molecule has 1 heterocycles. The molecule has 0 aliphatic carbocycles. The number of carbonyl (C=O) groups is 2. The highest BCUT2D eigenvalue weighted by Crippen LogP contribution is 2.27. The standard InChI is InChI=1S/C15H15NO3S/c1-9(2)3-5-11-7-10(4-6-12(11)17)8-13-14(18)16-15(19)20-13/h3-4,6-8,17H,5H2,1-2H3,(H,16,18,19). The average molecular weight is 289 g/mol. The number of hydrogen-bond donors (Lipinski definition) is 2. The maximum Gasteiger partial charge on any atom is 0.290 e. The highest BCUT2D eigenvalue weighted by Gasteiger charge is 2.24. The van der Waals surface area contributed by atoms with Crippen LogP contribution in [0.15, 0.2) is 34.8 Å². The van der Waals surface area contributed by atoms with E-state index in [9.17, 15) is 14.7 Å². The molecule has 5 heteroatoms. The van der Waals surface area contributed by atoms with Crippen LogP contribution in [0.2, 0.25) is 0 Å². The van der Waals surface area contributed by atoms with Gasteiger partial charge < -0.3 is 5.11 Å². The quantitative estimate of drug-likeness (QED) is 0.662. The molecule has 1 aliphatic rings. The Morgan fingerprint density at radius 1 is 1.35 bits per heavy atom. The number of imide groups is 1. The molecule has 0 radical (unpaired) electrons. The van der Waals surface area contributed by atoms with E-state index in [2.05, 4.69) is 5.32 Å². The Morgan fingerprint density at radius 2 is 2.10 bits per heavy atom. The first-order valence-electron chi connectivity index (χ1n) is 6.16. The van der Waals surface area contributed by atoms with Gasteiger partial charge in [0.2, 0.25) is 0 Å². The van der Waals surface area contributed by atoms with Gasteiger partial charge in [-0.2, -0.15) is 0 Å². The molecule has 0 unspecified atom stereocenters. The summed E-state index contributed by atoms with van der Waals surface area (Å²) in [6, 6.07) is 5.13. The van der Waals surface area contributed by atoms with E-state index >= 15 is 0 Å². The largest absolute Gasteiger partial charge is 0.508 e. The SMILES string of the molecule is CC(C)=CCc1cc(C=C2SC(=O)NC2=O)ccc1O. The van der Waals surface area contributed by atoms with Crippen LogP contribution in [0.5, 0.6) is 5.75 Å². The van der Waals surface area contributed by atoms with E-state index < -0.39 is 0 Å². The molecule has 1 aromatic carbocycles. The zero-order valence-corrected chi connectivity index (χ0v) is 12.1. The minimum absolute atomic E-state index is 0.226. The smallest absolute Gasteiger partial charge is 0.290 e. The second-order valence-corrected chi connectivity index (χ2v) is 5.74. The van der Waals surface area contributed by atoms with E-state index in [1.165, 1.54) is 5.57 Å². The molecule has 1 saturated heterocycles. The molecule has 0 atom stereocenters. The molecular formula is C15H15NO3S. The molecule has 2 rings (SSSR count). The van der Waals surface area contributed by atoms with Crippen LogP contribution in [0, 0.1) is 0 Å². The van der Waals surface area contributed by atoms with Crippen LogP contribution in [-0.4, -0.2) is 16.3 Å². The molecule has 20 heavy (non-hydrogen) atoms. The van der Waals surface area contributed by atoms with Gasteiger partial charge >= 0.3 is 0 Å². The second kappa shape index (κ2) is 5.96. The third-order valence-corrected chi connectivity index (χ3v) is 3.58. The maximum absolute atomic E-state index is 11.5. The first-order valence-corrected chi connectivity index (χ1v) is 6.97. The Balaban J connectivity index is 2.28. The van der Waals surface area contributed by atoms with Crippen molar-refractivity contribution in [1.82, 2.24) is 5.32 Å². The van der Waals surface area contributed by atoms with Crippen molar-refractivity contribution in [3.05, 3.63) is 45.9 Å². The highest BCUT2D eigenvalue weighted by atomic mass is 32.2. The van der Waals surface area contributed by atoms with Crippen molar-refractivity contribution in [2.75, 3.05) is 0 Å². The molecule has 0 saturated carbocycles. The summed E-state index contributed by atoms with van der Waals surface area (Å²) < 4.78 is 0. The highest BCUT2D eigenvalue weighted by molar-refractivity contribution is 8.18. The minimum atomic E-state index is -0.376. The third-order valence-electron chi connectivity index (χ3n) is 2.77. The average Bonchev–Trinajstić information content (AvgIpc) is 2.68. The van der Waals surface area contributed by atoms with Gasteiger partial charge in [-0.25, -0.2) is 0 Å². The minimum Gasteiger partial charge on any atom is -0.508 e. The molecule has 2 N–H and O–H groups in total. The van der Waals surface area contributed by atoms with Gasteiger partial charge in [-0.3, -0.25) is 14.9 Å². The van der Waals surface area contributed by atoms with Gasteiger partial charge in [-0.1, -0.05) is 17.7 Å². The first kappa shape index (κ1) is 14.4. The number of hydrogen-bond acceptors (Lipinski definition) is 4. The zero-order chi connectivity index (χ0) is 14.7. The number of amides is 2. The van der Waals surface area contributed by atoms with Gasteiger partial charge in [0.05, 0.1) is 4.91 Å². The summed E-state index contributed by atoms with van der Waals surface area (Å²) in [6.07, 6.45) is 4.30. The Morgan fingerprint density at radius 3 is 2.70 bits per heavy atom. The van der Waals surface area contributed by atoms with Crippen LogP contribution in [-0.2, 0) is 11.2 Å². The van der Waals surface area contributed by atoms with Crippen molar-refractivity contribution in [3.63, 3.8) is 0 Å². The van der Waals surface area contributed by atoms with E-state index in [1.807, 2.05) is 26.0 Å². The third kappa shape index (κ3) is 3.51. The van der Waals surface area contributed by atoms with E-state index in [1.54, 1.807) is 18.2 Å². The summed E-state index contributed by atoms with van der Waals surface area (Å²) in [7, 11) is 0. The summed E-state index contributed by atoms with van der Waals surface area (Å²) >= 11 is 0.884. The van der Waals surface area contributed by atoms with Crippen LogP contribution < -0.4 is 5.32 Å². The number of aromatic hydroxyl groups is 1. The lowest BCUT2D eigenvalue weighted by Crippen LogP contribution is -2.17. The van der Waals surface area contributed by atoms with Crippen molar-refractivity contribution in [2.45, 2.75) is 20.3 Å². The first-order chi connectivity index (χ1) is 9.45. The summed E-state index contributed by atoms with van der Waals surface area (Å²) in [4.78, 5) is 22.9. The van der Waals surface area contributed by atoms with Crippen LogP contribution in [0.25, 0.3) is 6.08 Å². The van der Waals surface area contributed by atoms with Crippen molar-refractivity contribution < 1.29 is 14.7 Å². The van der Waals surface area contributed by atoms with E-state index in [-0.39, 0.29) is 16.9 Å². The van der Waals surface area contributed by atoms with E-state index in [4.69, 9.17) is 0 Å². The number of thioether (sulfide) groups is 1. The van der Waals surface area contributed by atoms with Crippen molar-refractivity contribution in [3.8, 4) is 5.75 Å². The number of phenols is 1. The second-order valence-electron chi connectivity index (χ2n) is 4.73. The van der Waals surface area contributed by atoms with Crippen molar-refractivity contribution in [2.24, 2.45) is 0 Å². The molecule has 1 aliphatic heterocycles. The van der Waals surface area contributed by atoms with Crippen LogP contribution >= 0.6 is 11.8 Å². The molecule has 2 amide bonds. The molecule has 104 valence electrons. The lowest BCUT2D eigenvalue weighted by Gasteiger charge is -2.04. The predicted molar refractivity (Wildman–Crippen MR) is 80.3 cm³/mol. The van der Waals surface area contributed by atoms with Crippen LogP contribution in [0.3, 0.4) is 0 Å². The number of nitrogens with one attached hydrogen (secondary N) is 1. The fraction of sp³-hybridized carbons (Fsp3) is 0.200. The monoisotopic (exact) mass is 289 g/mol. The molecule has 1 aromatic rings. The Labute approximate surface area is 121 Å². The number of phenolic OH excluding ortho intramolecular Hbond substituents is 1. The maximum atomic E-state index is 11.5. The Kier molecular flexibility index (Phi) is 4.29. The number of carbonyl (C=O) groups excluding carboxylic acids is 2. The molecule has 0 spiro atoms. The topological polar surface area (TPSA) is 66.4 Å². The number of allylic oxidation sites excluding steroid dienone is 2. The molecule has 4 nitrogen and oxygen atoms in total. The molecule has 0 aromatic heterocycles. The molecule has 1 fully saturated rings. The van der Waals surface area contributed by atoms with Gasteiger partial charge in [-0.15, -0.1) is 0 Å². The van der Waals surface area contributed by atoms with Gasteiger partial charge in [0.15, 0.2) is 0 Å². The van der Waals surface area contributed by atoms with Gasteiger partial charge in [0, 0.05) is 0 Å². The molecular weight excluding hydrogens is 274 g/mol. The summed E-state index contributed by atoms with van der Waals surface area (Å²) in [6.45, 7) is 3.99. The van der Waals surface area contributed by atoms with Crippen LogP contribution in [0.4, 0.5) is 4.79 Å². The number of benzene rings is 1. The fourth-order valence-corrected chi connectivity index (χ4v) is 2.43.